The van der Waals surface area contributed by atoms with E-state index < -0.39 is 29.0 Å². The Kier molecular flexibility index (Phi) is 5.29. The fourth-order valence-corrected chi connectivity index (χ4v) is 1.64. The molecule has 0 aliphatic heterocycles. The zero-order valence-electron chi connectivity index (χ0n) is 10.8. The van der Waals surface area contributed by atoms with Crippen LogP contribution in [0.1, 0.15) is 24.8 Å². The van der Waals surface area contributed by atoms with Crippen molar-refractivity contribution in [2.45, 2.75) is 32.4 Å². The van der Waals surface area contributed by atoms with E-state index in [1.54, 1.807) is 0 Å². The predicted molar refractivity (Wildman–Crippen MR) is 66.2 cm³/mol. The van der Waals surface area contributed by atoms with Crippen LogP contribution in [0.2, 0.25) is 0 Å². The van der Waals surface area contributed by atoms with Crippen molar-refractivity contribution < 1.29 is 22.5 Å². The number of nitro benzene ring substituents is 1. The summed E-state index contributed by atoms with van der Waals surface area (Å²) >= 11 is 0. The normalized spacial score (nSPS) is 11.4. The number of nitrogens with zero attached hydrogens (tertiary/aromatic N) is 1. The van der Waals surface area contributed by atoms with Crippen molar-refractivity contribution in [2.75, 3.05) is 11.9 Å². The molecule has 0 saturated carbocycles. The molecule has 0 aliphatic carbocycles. The van der Waals surface area contributed by atoms with Gasteiger partial charge in [0.25, 0.3) is 5.69 Å². The molecule has 0 bridgehead atoms. The third-order valence-corrected chi connectivity index (χ3v) is 2.68. The van der Waals surface area contributed by atoms with Crippen LogP contribution in [0.5, 0.6) is 0 Å². The van der Waals surface area contributed by atoms with E-state index >= 15 is 0 Å². The second-order valence-corrected chi connectivity index (χ2v) is 4.37. The summed E-state index contributed by atoms with van der Waals surface area (Å²) in [7, 11) is 0. The number of rotatable bonds is 6. The summed E-state index contributed by atoms with van der Waals surface area (Å²) in [6.07, 6.45) is -4.94. The number of hydrogen-bond acceptors (Lipinski definition) is 3. The summed E-state index contributed by atoms with van der Waals surface area (Å²) in [6, 6.07) is 2.07. The van der Waals surface area contributed by atoms with Crippen molar-refractivity contribution in [1.82, 2.24) is 0 Å². The average molecular weight is 294 g/mol. The molecule has 8 heteroatoms. The van der Waals surface area contributed by atoms with E-state index in [0.717, 1.165) is 6.07 Å². The first-order valence-electron chi connectivity index (χ1n) is 5.96. The molecule has 112 valence electrons. The van der Waals surface area contributed by atoms with Gasteiger partial charge in [-0.1, -0.05) is 0 Å². The van der Waals surface area contributed by atoms with Crippen molar-refractivity contribution in [3.8, 4) is 0 Å². The Hall–Kier alpha value is -1.86. The molecule has 0 aliphatic rings. The summed E-state index contributed by atoms with van der Waals surface area (Å²) in [5, 5.41) is 13.4. The number of aryl methyl sites for hydroxylation is 1. The van der Waals surface area contributed by atoms with Crippen LogP contribution in [0.15, 0.2) is 12.1 Å². The minimum Gasteiger partial charge on any atom is -0.379 e. The zero-order chi connectivity index (χ0) is 15.3. The third-order valence-electron chi connectivity index (χ3n) is 2.68. The molecule has 0 radical (unpaired) electrons. The Bertz CT molecular complexity index is 489. The van der Waals surface area contributed by atoms with E-state index in [4.69, 9.17) is 0 Å². The number of halogens is 4. The largest absolute Gasteiger partial charge is 0.389 e. The van der Waals surface area contributed by atoms with Crippen molar-refractivity contribution in [3.05, 3.63) is 33.6 Å². The summed E-state index contributed by atoms with van der Waals surface area (Å²) in [4.78, 5) is 10.0. The standard InChI is InChI=1S/C12H14F4N2O2/c1-8-6-10(11(18(19)20)7-9(8)13)17-5-3-2-4-12(14,15)16/h6-7,17H,2-5H2,1H3. The van der Waals surface area contributed by atoms with Gasteiger partial charge in [-0.3, -0.25) is 10.1 Å². The van der Waals surface area contributed by atoms with Gasteiger partial charge in [-0.05, 0) is 31.4 Å². The van der Waals surface area contributed by atoms with Gasteiger partial charge < -0.3 is 5.32 Å². The van der Waals surface area contributed by atoms with Crippen LogP contribution in [0, 0.1) is 22.9 Å². The number of benzene rings is 1. The summed E-state index contributed by atoms with van der Waals surface area (Å²) in [6.45, 7) is 1.61. The van der Waals surface area contributed by atoms with Crippen LogP contribution in [-0.4, -0.2) is 17.6 Å². The molecule has 0 aromatic heterocycles. The predicted octanol–water partition coefficient (Wildman–Crippen LogP) is 4.19. The van der Waals surface area contributed by atoms with E-state index in [9.17, 15) is 27.7 Å². The second-order valence-electron chi connectivity index (χ2n) is 4.37. The van der Waals surface area contributed by atoms with Gasteiger partial charge in [0.05, 0.1) is 11.0 Å². The molecule has 0 spiro atoms. The highest BCUT2D eigenvalue weighted by molar-refractivity contribution is 5.63. The molecule has 0 atom stereocenters. The topological polar surface area (TPSA) is 55.2 Å². The van der Waals surface area contributed by atoms with Crippen molar-refractivity contribution in [3.63, 3.8) is 0 Å². The third kappa shape index (κ3) is 5.02. The monoisotopic (exact) mass is 294 g/mol. The molecule has 1 aromatic rings. The molecular formula is C12H14F4N2O2. The number of nitro groups is 1. The van der Waals surface area contributed by atoms with Gasteiger partial charge in [0.1, 0.15) is 11.5 Å². The van der Waals surface area contributed by atoms with Crippen LogP contribution < -0.4 is 5.32 Å². The molecule has 20 heavy (non-hydrogen) atoms. The summed E-state index contributed by atoms with van der Waals surface area (Å²) in [5.74, 6) is -0.695. The fourth-order valence-electron chi connectivity index (χ4n) is 1.64. The highest BCUT2D eigenvalue weighted by Gasteiger charge is 2.25. The van der Waals surface area contributed by atoms with E-state index in [1.807, 2.05) is 0 Å². The van der Waals surface area contributed by atoms with Gasteiger partial charge in [-0.2, -0.15) is 13.2 Å². The summed E-state index contributed by atoms with van der Waals surface area (Å²) in [5.41, 5.74) is -0.0850. The molecule has 1 N–H and O–H groups in total. The van der Waals surface area contributed by atoms with Crippen molar-refractivity contribution >= 4 is 11.4 Å². The van der Waals surface area contributed by atoms with E-state index in [1.165, 1.54) is 13.0 Å². The quantitative estimate of drug-likeness (QED) is 0.370. The number of alkyl halides is 3. The number of unbranched alkanes of at least 4 members (excludes halogenated alkanes) is 1. The first-order chi connectivity index (χ1) is 9.20. The Labute approximate surface area is 112 Å². The minimum absolute atomic E-state index is 0.0650. The smallest absolute Gasteiger partial charge is 0.379 e. The van der Waals surface area contributed by atoms with Gasteiger partial charge in [-0.25, -0.2) is 4.39 Å². The van der Waals surface area contributed by atoms with Crippen LogP contribution in [-0.2, 0) is 0 Å². The lowest BCUT2D eigenvalue weighted by Gasteiger charge is -2.09. The number of nitrogens with one attached hydrogen (secondary N) is 1. The molecule has 1 rings (SSSR count). The van der Waals surface area contributed by atoms with Gasteiger partial charge >= 0.3 is 6.18 Å². The molecular weight excluding hydrogens is 280 g/mol. The van der Waals surface area contributed by atoms with E-state index in [0.29, 0.717) is 0 Å². The lowest BCUT2D eigenvalue weighted by Crippen LogP contribution is -2.09. The highest BCUT2D eigenvalue weighted by Crippen LogP contribution is 2.28. The maximum atomic E-state index is 13.2. The lowest BCUT2D eigenvalue weighted by molar-refractivity contribution is -0.384. The van der Waals surface area contributed by atoms with Crippen LogP contribution in [0.3, 0.4) is 0 Å². The zero-order valence-corrected chi connectivity index (χ0v) is 10.8. The van der Waals surface area contributed by atoms with Crippen molar-refractivity contribution in [1.29, 1.82) is 0 Å². The first-order valence-corrected chi connectivity index (χ1v) is 5.96. The highest BCUT2D eigenvalue weighted by atomic mass is 19.4. The van der Waals surface area contributed by atoms with Crippen molar-refractivity contribution in [2.24, 2.45) is 0 Å². The molecule has 1 aromatic carbocycles. The van der Waals surface area contributed by atoms with Gasteiger partial charge in [0, 0.05) is 13.0 Å². The SMILES string of the molecule is Cc1cc(NCCCCC(F)(F)F)c([N+](=O)[O-])cc1F. The van der Waals surface area contributed by atoms with Gasteiger partial charge in [0.15, 0.2) is 0 Å². The van der Waals surface area contributed by atoms with Gasteiger partial charge in [-0.15, -0.1) is 0 Å². The Balaban J connectivity index is 2.59. The Morgan fingerprint density at radius 1 is 1.30 bits per heavy atom. The van der Waals surface area contributed by atoms with Crippen LogP contribution >= 0.6 is 0 Å². The lowest BCUT2D eigenvalue weighted by atomic mass is 10.1. The molecule has 0 amide bonds. The van der Waals surface area contributed by atoms with E-state index in [-0.39, 0.29) is 30.6 Å². The molecule has 0 fully saturated rings. The number of hydrogen-bond donors (Lipinski definition) is 1. The maximum Gasteiger partial charge on any atom is 0.389 e. The fraction of sp³-hybridized carbons (Fsp3) is 0.500. The summed E-state index contributed by atoms with van der Waals surface area (Å²) < 4.78 is 49.0. The Morgan fingerprint density at radius 3 is 2.50 bits per heavy atom. The van der Waals surface area contributed by atoms with Crippen LogP contribution in [0.25, 0.3) is 0 Å². The minimum atomic E-state index is -4.20. The van der Waals surface area contributed by atoms with Gasteiger partial charge in [0.2, 0.25) is 0 Å². The average Bonchev–Trinajstić information content (AvgIpc) is 2.31. The molecule has 0 heterocycles. The van der Waals surface area contributed by atoms with Crippen LogP contribution in [0.4, 0.5) is 28.9 Å². The van der Waals surface area contributed by atoms with E-state index in [2.05, 4.69) is 5.32 Å². The molecule has 0 saturated heterocycles. The maximum absolute atomic E-state index is 13.2. The molecule has 0 unspecified atom stereocenters. The number of anilines is 1. The first kappa shape index (κ1) is 16.2. The second kappa shape index (κ2) is 6.53. The molecule has 4 nitrogen and oxygen atoms in total. The Morgan fingerprint density at radius 2 is 1.95 bits per heavy atom.